The van der Waals surface area contributed by atoms with Gasteiger partial charge >= 0.3 is 11.4 Å². The summed E-state index contributed by atoms with van der Waals surface area (Å²) in [7, 11) is 0. The molecule has 0 radical (unpaired) electrons. The molecule has 0 aromatic heterocycles. The highest BCUT2D eigenvalue weighted by Gasteiger charge is 2.15. The first kappa shape index (κ1) is 15.2. The highest BCUT2D eigenvalue weighted by molar-refractivity contribution is 5.49. The summed E-state index contributed by atoms with van der Waals surface area (Å²) in [4.78, 5) is 20.1. The van der Waals surface area contributed by atoms with Crippen LogP contribution in [0.1, 0.15) is 11.1 Å². The zero-order chi connectivity index (χ0) is 16.3. The smallest absolute Gasteiger partial charge is 0.310 e. The summed E-state index contributed by atoms with van der Waals surface area (Å²) in [6, 6.07) is 8.13. The van der Waals surface area contributed by atoms with Crippen molar-refractivity contribution < 1.29 is 20.1 Å². The molecular weight excluding hydrogens is 292 g/mol. The highest BCUT2D eigenvalue weighted by atomic mass is 16.6. The summed E-state index contributed by atoms with van der Waals surface area (Å²) in [6.45, 7) is 0. The van der Waals surface area contributed by atoms with Crippen molar-refractivity contribution in [1.82, 2.24) is 0 Å². The van der Waals surface area contributed by atoms with Gasteiger partial charge in [-0.3, -0.25) is 20.2 Å². The maximum Gasteiger partial charge on any atom is 0.310 e. The number of hydrogen-bond acceptors (Lipinski definition) is 6. The normalized spacial score (nSPS) is 10.4. The molecule has 8 nitrogen and oxygen atoms in total. The molecule has 0 saturated carbocycles. The third kappa shape index (κ3) is 3.29. The van der Waals surface area contributed by atoms with Crippen LogP contribution in [0.2, 0.25) is 0 Å². The molecule has 0 aliphatic rings. The lowest BCUT2D eigenvalue weighted by atomic mass is 10.0. The van der Waals surface area contributed by atoms with Crippen LogP contribution < -0.4 is 0 Å². The van der Waals surface area contributed by atoms with Gasteiger partial charge in [0.05, 0.1) is 9.85 Å². The number of nitro benzene ring substituents is 2. The second kappa shape index (κ2) is 6.08. The summed E-state index contributed by atoms with van der Waals surface area (Å²) in [6.07, 6.45) is 0.812. The maximum absolute atomic E-state index is 10.7. The lowest BCUT2D eigenvalue weighted by Gasteiger charge is -2.04. The monoisotopic (exact) mass is 304 g/mol. The van der Waals surface area contributed by atoms with Crippen LogP contribution >= 0.6 is 0 Å². The second-order valence-electron chi connectivity index (χ2n) is 4.66. The van der Waals surface area contributed by atoms with Crippen LogP contribution in [0, 0.1) is 20.2 Å². The van der Waals surface area contributed by atoms with E-state index in [1.54, 1.807) is 12.1 Å². The number of phenolic OH excluding ortho intramolecular Hbond substituents is 2. The number of aromatic hydroxyl groups is 2. The number of benzene rings is 2. The molecule has 0 heterocycles. The first-order valence-corrected chi connectivity index (χ1v) is 6.31. The first-order valence-electron chi connectivity index (χ1n) is 6.31. The van der Waals surface area contributed by atoms with E-state index in [0.717, 1.165) is 0 Å². The molecule has 114 valence electrons. The number of aryl methyl sites for hydroxylation is 2. The van der Waals surface area contributed by atoms with Gasteiger partial charge in [-0.05, 0) is 36.1 Å². The predicted molar refractivity (Wildman–Crippen MR) is 76.9 cm³/mol. The van der Waals surface area contributed by atoms with E-state index in [-0.39, 0.29) is 11.4 Å². The molecule has 2 aromatic carbocycles. The van der Waals surface area contributed by atoms with Gasteiger partial charge in [-0.2, -0.15) is 0 Å². The SMILES string of the molecule is O=[N+]([O-])c1cc(CCc2ccc(O)c([N+](=O)[O-])c2)ccc1O. The van der Waals surface area contributed by atoms with Crippen LogP contribution in [0.25, 0.3) is 0 Å². The molecule has 0 bridgehead atoms. The standard InChI is InChI=1S/C14H12N2O6/c17-13-5-3-9(7-11(13)15(19)20)1-2-10-4-6-14(18)12(8-10)16(21)22/h3-8,17-18H,1-2H2. The van der Waals surface area contributed by atoms with Gasteiger partial charge in [0.2, 0.25) is 0 Å². The third-order valence-electron chi connectivity index (χ3n) is 3.18. The van der Waals surface area contributed by atoms with Crippen LogP contribution in [0.5, 0.6) is 11.5 Å². The zero-order valence-electron chi connectivity index (χ0n) is 11.3. The van der Waals surface area contributed by atoms with E-state index in [2.05, 4.69) is 0 Å². The van der Waals surface area contributed by atoms with Gasteiger partial charge in [-0.15, -0.1) is 0 Å². The first-order chi connectivity index (χ1) is 10.4. The lowest BCUT2D eigenvalue weighted by Crippen LogP contribution is -1.96. The van der Waals surface area contributed by atoms with Crippen molar-refractivity contribution in [1.29, 1.82) is 0 Å². The molecule has 22 heavy (non-hydrogen) atoms. The van der Waals surface area contributed by atoms with E-state index in [4.69, 9.17) is 0 Å². The Hall–Kier alpha value is -3.16. The Labute approximate surface area is 124 Å². The Morgan fingerprint density at radius 3 is 1.45 bits per heavy atom. The van der Waals surface area contributed by atoms with Crippen LogP contribution in [-0.2, 0) is 12.8 Å². The fraction of sp³-hybridized carbons (Fsp3) is 0.143. The molecule has 0 atom stereocenters. The Bertz CT molecular complexity index is 681. The Balaban J connectivity index is 2.17. The number of hydrogen-bond donors (Lipinski definition) is 2. The number of rotatable bonds is 5. The molecule has 0 amide bonds. The van der Waals surface area contributed by atoms with Crippen molar-refractivity contribution in [3.8, 4) is 11.5 Å². The van der Waals surface area contributed by atoms with Gasteiger partial charge < -0.3 is 10.2 Å². The van der Waals surface area contributed by atoms with Gasteiger partial charge in [0, 0.05) is 12.1 Å². The van der Waals surface area contributed by atoms with E-state index in [9.17, 15) is 30.4 Å². The minimum atomic E-state index is -0.676. The second-order valence-corrected chi connectivity index (χ2v) is 4.66. The van der Waals surface area contributed by atoms with Gasteiger partial charge in [-0.25, -0.2) is 0 Å². The molecule has 0 spiro atoms. The molecule has 0 aliphatic heterocycles. The van der Waals surface area contributed by atoms with E-state index < -0.39 is 21.3 Å². The average molecular weight is 304 g/mol. The quantitative estimate of drug-likeness (QED) is 0.645. The Kier molecular flexibility index (Phi) is 4.21. The van der Waals surface area contributed by atoms with E-state index in [1.807, 2.05) is 0 Å². The number of nitro groups is 2. The van der Waals surface area contributed by atoms with E-state index in [0.29, 0.717) is 24.0 Å². The summed E-state index contributed by atoms with van der Waals surface area (Å²) in [5, 5.41) is 40.2. The molecule has 0 saturated heterocycles. The summed E-state index contributed by atoms with van der Waals surface area (Å²) >= 11 is 0. The van der Waals surface area contributed by atoms with Crippen molar-refractivity contribution in [3.05, 3.63) is 67.8 Å². The lowest BCUT2D eigenvalue weighted by molar-refractivity contribution is -0.386. The highest BCUT2D eigenvalue weighted by Crippen LogP contribution is 2.29. The van der Waals surface area contributed by atoms with Crippen molar-refractivity contribution in [2.75, 3.05) is 0 Å². The van der Waals surface area contributed by atoms with Crippen molar-refractivity contribution in [3.63, 3.8) is 0 Å². The largest absolute Gasteiger partial charge is 0.502 e. The molecule has 2 aromatic rings. The van der Waals surface area contributed by atoms with Crippen LogP contribution in [0.4, 0.5) is 11.4 Å². The Morgan fingerprint density at radius 2 is 1.14 bits per heavy atom. The third-order valence-corrected chi connectivity index (χ3v) is 3.18. The molecule has 0 aliphatic carbocycles. The molecule has 8 heteroatoms. The van der Waals surface area contributed by atoms with Gasteiger partial charge in [0.15, 0.2) is 11.5 Å². The van der Waals surface area contributed by atoms with Gasteiger partial charge in [-0.1, -0.05) is 12.1 Å². The number of phenols is 2. The molecule has 0 fully saturated rings. The molecule has 2 rings (SSSR count). The number of nitrogens with zero attached hydrogens (tertiary/aromatic N) is 2. The van der Waals surface area contributed by atoms with Crippen LogP contribution in [0.3, 0.4) is 0 Å². The zero-order valence-corrected chi connectivity index (χ0v) is 11.3. The maximum atomic E-state index is 10.7. The van der Waals surface area contributed by atoms with Gasteiger partial charge in [0.1, 0.15) is 0 Å². The van der Waals surface area contributed by atoms with Gasteiger partial charge in [0.25, 0.3) is 0 Å². The molecular formula is C14H12N2O6. The predicted octanol–water partition coefficient (Wildman–Crippen LogP) is 2.70. The summed E-state index contributed by atoms with van der Waals surface area (Å²) < 4.78 is 0. The van der Waals surface area contributed by atoms with E-state index in [1.165, 1.54) is 24.3 Å². The average Bonchev–Trinajstić information content (AvgIpc) is 2.47. The van der Waals surface area contributed by atoms with Crippen molar-refractivity contribution in [2.45, 2.75) is 12.8 Å². The minimum Gasteiger partial charge on any atom is -0.502 e. The van der Waals surface area contributed by atoms with E-state index >= 15 is 0 Å². The Morgan fingerprint density at radius 1 is 0.773 bits per heavy atom. The van der Waals surface area contributed by atoms with Crippen molar-refractivity contribution >= 4 is 11.4 Å². The molecule has 0 unspecified atom stereocenters. The summed E-state index contributed by atoms with van der Waals surface area (Å²) in [5.41, 5.74) is 0.490. The fourth-order valence-electron chi connectivity index (χ4n) is 2.03. The molecule has 2 N–H and O–H groups in total. The van der Waals surface area contributed by atoms with Crippen LogP contribution in [-0.4, -0.2) is 20.1 Å². The fourth-order valence-corrected chi connectivity index (χ4v) is 2.03. The topological polar surface area (TPSA) is 127 Å². The van der Waals surface area contributed by atoms with Crippen LogP contribution in [0.15, 0.2) is 36.4 Å². The summed E-state index contributed by atoms with van der Waals surface area (Å²) in [5.74, 6) is -0.817. The minimum absolute atomic E-state index is 0.380. The van der Waals surface area contributed by atoms with Crippen molar-refractivity contribution in [2.24, 2.45) is 0 Å².